The minimum Gasteiger partial charge on any atom is -0.486 e. The van der Waals surface area contributed by atoms with E-state index in [-0.39, 0.29) is 11.6 Å². The lowest BCUT2D eigenvalue weighted by atomic mass is 9.94. The number of hydrogen-bond donors (Lipinski definition) is 1. The van der Waals surface area contributed by atoms with Crippen LogP contribution in [0.15, 0.2) is 18.2 Å². The Bertz CT molecular complexity index is 459. The number of methoxy groups -OCH3 is 1. The number of para-hydroxylation sites is 1. The Balaban J connectivity index is 2.18. The van der Waals surface area contributed by atoms with E-state index in [0.29, 0.717) is 13.2 Å². The molecule has 1 unspecified atom stereocenters. The number of ether oxygens (including phenoxy) is 3. The van der Waals surface area contributed by atoms with Crippen LogP contribution in [0, 0.1) is 0 Å². The van der Waals surface area contributed by atoms with Crippen LogP contribution in [-0.2, 0) is 4.74 Å². The first-order chi connectivity index (χ1) is 10.1. The zero-order valence-corrected chi connectivity index (χ0v) is 13.6. The van der Waals surface area contributed by atoms with Gasteiger partial charge >= 0.3 is 0 Å². The van der Waals surface area contributed by atoms with Gasteiger partial charge in [-0.25, -0.2) is 0 Å². The van der Waals surface area contributed by atoms with Gasteiger partial charge in [0.05, 0.1) is 5.60 Å². The molecule has 0 amide bonds. The maximum Gasteiger partial charge on any atom is 0.166 e. The van der Waals surface area contributed by atoms with Gasteiger partial charge in [0.1, 0.15) is 13.2 Å². The molecule has 1 aliphatic rings. The van der Waals surface area contributed by atoms with Gasteiger partial charge in [0.15, 0.2) is 11.5 Å². The normalized spacial score (nSPS) is 15.8. The summed E-state index contributed by atoms with van der Waals surface area (Å²) in [6, 6.07) is 6.39. The summed E-state index contributed by atoms with van der Waals surface area (Å²) < 4.78 is 17.1. The lowest BCUT2D eigenvalue weighted by molar-refractivity contribution is 0.0116. The molecule has 0 saturated heterocycles. The highest BCUT2D eigenvalue weighted by Crippen LogP contribution is 2.38. The zero-order valence-electron chi connectivity index (χ0n) is 13.6. The highest BCUT2D eigenvalue weighted by Gasteiger charge is 2.24. The highest BCUT2D eigenvalue weighted by molar-refractivity contribution is 5.48. The van der Waals surface area contributed by atoms with E-state index in [1.807, 2.05) is 12.1 Å². The summed E-state index contributed by atoms with van der Waals surface area (Å²) >= 11 is 0. The Labute approximate surface area is 127 Å². The van der Waals surface area contributed by atoms with Crippen molar-refractivity contribution in [3.63, 3.8) is 0 Å². The Morgan fingerprint density at radius 3 is 2.76 bits per heavy atom. The van der Waals surface area contributed by atoms with Crippen LogP contribution in [0.25, 0.3) is 0 Å². The number of hydrogen-bond acceptors (Lipinski definition) is 4. The summed E-state index contributed by atoms with van der Waals surface area (Å²) in [4.78, 5) is 0. The Morgan fingerprint density at radius 2 is 2.05 bits per heavy atom. The summed E-state index contributed by atoms with van der Waals surface area (Å²) in [5.74, 6) is 1.75. The van der Waals surface area contributed by atoms with Crippen LogP contribution < -0.4 is 14.8 Å². The van der Waals surface area contributed by atoms with Gasteiger partial charge in [0.25, 0.3) is 0 Å². The first-order valence-electron chi connectivity index (χ1n) is 7.74. The van der Waals surface area contributed by atoms with E-state index in [0.717, 1.165) is 30.9 Å². The second-order valence-corrected chi connectivity index (χ2v) is 5.98. The SMILES string of the molecule is CCNC(CCC(C)(C)OC)c1cccc2c1OCCO2. The zero-order chi connectivity index (χ0) is 15.3. The van der Waals surface area contributed by atoms with E-state index in [4.69, 9.17) is 14.2 Å². The minimum absolute atomic E-state index is 0.111. The molecule has 0 aromatic heterocycles. The Hall–Kier alpha value is -1.26. The Morgan fingerprint density at radius 1 is 1.29 bits per heavy atom. The fourth-order valence-electron chi connectivity index (χ4n) is 2.58. The molecule has 0 spiro atoms. The van der Waals surface area contributed by atoms with Crippen LogP contribution in [0.5, 0.6) is 11.5 Å². The van der Waals surface area contributed by atoms with E-state index < -0.39 is 0 Å². The molecule has 0 aliphatic carbocycles. The molecular weight excluding hydrogens is 266 g/mol. The molecule has 0 bridgehead atoms. The van der Waals surface area contributed by atoms with Crippen molar-refractivity contribution in [1.29, 1.82) is 0 Å². The molecule has 21 heavy (non-hydrogen) atoms. The van der Waals surface area contributed by atoms with Gasteiger partial charge < -0.3 is 19.5 Å². The number of fused-ring (bicyclic) bond motifs is 1. The van der Waals surface area contributed by atoms with Gasteiger partial charge in [-0.05, 0) is 39.3 Å². The average Bonchev–Trinajstić information content (AvgIpc) is 2.51. The lowest BCUT2D eigenvalue weighted by Crippen LogP contribution is -2.28. The van der Waals surface area contributed by atoms with Crippen molar-refractivity contribution < 1.29 is 14.2 Å². The van der Waals surface area contributed by atoms with E-state index in [1.165, 1.54) is 5.56 Å². The van der Waals surface area contributed by atoms with E-state index in [2.05, 4.69) is 32.2 Å². The summed E-state index contributed by atoms with van der Waals surface area (Å²) in [5, 5.41) is 3.55. The van der Waals surface area contributed by atoms with Crippen molar-refractivity contribution in [1.82, 2.24) is 5.32 Å². The van der Waals surface area contributed by atoms with Gasteiger partial charge in [-0.2, -0.15) is 0 Å². The molecule has 2 rings (SSSR count). The third kappa shape index (κ3) is 4.11. The van der Waals surface area contributed by atoms with Gasteiger partial charge in [0, 0.05) is 18.7 Å². The fourth-order valence-corrected chi connectivity index (χ4v) is 2.58. The molecule has 4 nitrogen and oxygen atoms in total. The molecule has 1 heterocycles. The standard InChI is InChI=1S/C17H27NO3/c1-5-18-14(9-10-17(2,3)19-4)13-7-6-8-15-16(13)21-12-11-20-15/h6-8,14,18H,5,9-12H2,1-4H3. The topological polar surface area (TPSA) is 39.7 Å². The monoisotopic (exact) mass is 293 g/mol. The molecule has 4 heteroatoms. The maximum absolute atomic E-state index is 5.84. The van der Waals surface area contributed by atoms with Crippen molar-refractivity contribution in [2.45, 2.75) is 45.3 Å². The number of nitrogens with one attached hydrogen (secondary N) is 1. The minimum atomic E-state index is -0.111. The van der Waals surface area contributed by atoms with Crippen LogP contribution in [0.2, 0.25) is 0 Å². The van der Waals surface area contributed by atoms with Crippen molar-refractivity contribution in [3.05, 3.63) is 23.8 Å². The van der Waals surface area contributed by atoms with Crippen molar-refractivity contribution in [2.75, 3.05) is 26.9 Å². The van der Waals surface area contributed by atoms with Crippen LogP contribution in [0.3, 0.4) is 0 Å². The molecule has 1 atom stereocenters. The predicted molar refractivity (Wildman–Crippen MR) is 84.2 cm³/mol. The number of benzene rings is 1. The van der Waals surface area contributed by atoms with Gasteiger partial charge in [0.2, 0.25) is 0 Å². The quantitative estimate of drug-likeness (QED) is 0.837. The third-order valence-corrected chi connectivity index (χ3v) is 4.01. The van der Waals surface area contributed by atoms with Crippen molar-refractivity contribution in [3.8, 4) is 11.5 Å². The van der Waals surface area contributed by atoms with Crippen molar-refractivity contribution >= 4 is 0 Å². The highest BCUT2D eigenvalue weighted by atomic mass is 16.6. The van der Waals surface area contributed by atoms with Crippen LogP contribution >= 0.6 is 0 Å². The molecule has 1 aromatic rings. The molecular formula is C17H27NO3. The summed E-state index contributed by atoms with van der Waals surface area (Å²) in [6.07, 6.45) is 1.97. The molecule has 0 radical (unpaired) electrons. The largest absolute Gasteiger partial charge is 0.486 e. The molecule has 1 N–H and O–H groups in total. The van der Waals surface area contributed by atoms with Gasteiger partial charge in [-0.3, -0.25) is 0 Å². The molecule has 0 fully saturated rings. The second-order valence-electron chi connectivity index (χ2n) is 5.98. The fraction of sp³-hybridized carbons (Fsp3) is 0.647. The summed E-state index contributed by atoms with van der Waals surface area (Å²) in [6.45, 7) is 8.53. The third-order valence-electron chi connectivity index (χ3n) is 4.01. The molecule has 0 saturated carbocycles. The first-order valence-corrected chi connectivity index (χ1v) is 7.74. The van der Waals surface area contributed by atoms with Gasteiger partial charge in [-0.15, -0.1) is 0 Å². The van der Waals surface area contributed by atoms with E-state index in [9.17, 15) is 0 Å². The molecule has 1 aromatic carbocycles. The van der Waals surface area contributed by atoms with Gasteiger partial charge in [-0.1, -0.05) is 19.1 Å². The molecule has 118 valence electrons. The van der Waals surface area contributed by atoms with Crippen molar-refractivity contribution in [2.24, 2.45) is 0 Å². The lowest BCUT2D eigenvalue weighted by Gasteiger charge is -2.29. The maximum atomic E-state index is 5.84. The van der Waals surface area contributed by atoms with E-state index >= 15 is 0 Å². The predicted octanol–water partition coefficient (Wildman–Crippen LogP) is 3.31. The van der Waals surface area contributed by atoms with Crippen LogP contribution in [-0.4, -0.2) is 32.5 Å². The molecule has 1 aliphatic heterocycles. The second kappa shape index (κ2) is 7.14. The first kappa shape index (κ1) is 16.1. The van der Waals surface area contributed by atoms with Crippen LogP contribution in [0.4, 0.5) is 0 Å². The van der Waals surface area contributed by atoms with E-state index in [1.54, 1.807) is 7.11 Å². The van der Waals surface area contributed by atoms with Crippen LogP contribution in [0.1, 0.15) is 45.2 Å². The smallest absolute Gasteiger partial charge is 0.166 e. The summed E-state index contributed by atoms with van der Waals surface area (Å²) in [7, 11) is 1.77. The average molecular weight is 293 g/mol. The summed E-state index contributed by atoms with van der Waals surface area (Å²) in [5.41, 5.74) is 1.07. The number of rotatable bonds is 7. The Kier molecular flexibility index (Phi) is 5.48.